The largest absolute Gasteiger partial charge is 0.339 e. The molecule has 1 aromatic carbocycles. The first-order valence-corrected chi connectivity index (χ1v) is 6.64. The van der Waals surface area contributed by atoms with Gasteiger partial charge in [0.2, 0.25) is 11.7 Å². The third-order valence-electron chi connectivity index (χ3n) is 3.17. The monoisotopic (exact) mass is 269 g/mol. The minimum absolute atomic E-state index is 0.204. The van der Waals surface area contributed by atoms with E-state index in [0.29, 0.717) is 17.3 Å². The topological polar surface area (TPSA) is 71.8 Å². The third kappa shape index (κ3) is 2.22. The minimum Gasteiger partial charge on any atom is -0.339 e. The van der Waals surface area contributed by atoms with E-state index in [2.05, 4.69) is 15.1 Å². The molecule has 0 saturated heterocycles. The van der Waals surface area contributed by atoms with Gasteiger partial charge in [-0.2, -0.15) is 4.98 Å². The number of hydrogen-bond donors (Lipinski definition) is 1. The molecule has 0 bridgehead atoms. The molecule has 0 radical (unpaired) electrons. The Labute approximate surface area is 115 Å². The van der Waals surface area contributed by atoms with E-state index in [1.807, 2.05) is 38.1 Å². The van der Waals surface area contributed by atoms with Crippen molar-refractivity contribution in [2.24, 2.45) is 0 Å². The molecule has 0 amide bonds. The zero-order valence-electron chi connectivity index (χ0n) is 11.4. The standard InChI is InChI=1S/C15H15N3O2/c1-3-4-13-17-14(18-20-13)11-8-10-7-9(2)5-6-12(10)16-15(11)19/h5-8H,3-4H2,1-2H3,(H,16,19). The van der Waals surface area contributed by atoms with Crippen LogP contribution < -0.4 is 5.56 Å². The van der Waals surface area contributed by atoms with Crippen LogP contribution in [0, 0.1) is 6.92 Å². The van der Waals surface area contributed by atoms with Crippen LogP contribution in [0.3, 0.4) is 0 Å². The molecular formula is C15H15N3O2. The van der Waals surface area contributed by atoms with Crippen molar-refractivity contribution in [2.75, 3.05) is 0 Å². The number of rotatable bonds is 3. The van der Waals surface area contributed by atoms with Gasteiger partial charge < -0.3 is 9.51 Å². The fourth-order valence-corrected chi connectivity index (χ4v) is 2.17. The van der Waals surface area contributed by atoms with Crippen molar-refractivity contribution >= 4 is 10.9 Å². The van der Waals surface area contributed by atoms with E-state index in [9.17, 15) is 4.79 Å². The van der Waals surface area contributed by atoms with Crippen LogP contribution in [-0.4, -0.2) is 15.1 Å². The van der Waals surface area contributed by atoms with Crippen LogP contribution in [0.5, 0.6) is 0 Å². The Kier molecular flexibility index (Phi) is 3.10. The molecule has 20 heavy (non-hydrogen) atoms. The summed E-state index contributed by atoms with van der Waals surface area (Å²) in [7, 11) is 0. The summed E-state index contributed by atoms with van der Waals surface area (Å²) in [6.45, 7) is 4.05. The molecule has 102 valence electrons. The number of H-pyrrole nitrogens is 1. The van der Waals surface area contributed by atoms with Crippen LogP contribution in [0.15, 0.2) is 33.6 Å². The van der Waals surface area contributed by atoms with E-state index in [4.69, 9.17) is 4.52 Å². The fraction of sp³-hybridized carbons (Fsp3) is 0.267. The van der Waals surface area contributed by atoms with E-state index in [-0.39, 0.29) is 5.56 Å². The summed E-state index contributed by atoms with van der Waals surface area (Å²) in [6, 6.07) is 7.68. The van der Waals surface area contributed by atoms with Crippen LogP contribution in [0.2, 0.25) is 0 Å². The van der Waals surface area contributed by atoms with Crippen LogP contribution in [0.25, 0.3) is 22.3 Å². The molecule has 0 aliphatic carbocycles. The molecule has 5 heteroatoms. The molecule has 0 fully saturated rings. The molecule has 0 aliphatic heterocycles. The number of pyridine rings is 1. The van der Waals surface area contributed by atoms with Gasteiger partial charge in [-0.15, -0.1) is 0 Å². The summed E-state index contributed by atoms with van der Waals surface area (Å²) in [5.74, 6) is 0.907. The number of aryl methyl sites for hydroxylation is 2. The molecule has 0 aliphatic rings. The van der Waals surface area contributed by atoms with E-state index >= 15 is 0 Å². The van der Waals surface area contributed by atoms with Gasteiger partial charge in [0.1, 0.15) is 0 Å². The molecule has 2 aromatic heterocycles. The third-order valence-corrected chi connectivity index (χ3v) is 3.17. The highest BCUT2D eigenvalue weighted by Gasteiger charge is 2.12. The highest BCUT2D eigenvalue weighted by atomic mass is 16.5. The van der Waals surface area contributed by atoms with Gasteiger partial charge >= 0.3 is 0 Å². The predicted molar refractivity (Wildman–Crippen MR) is 76.6 cm³/mol. The highest BCUT2D eigenvalue weighted by Crippen LogP contribution is 2.18. The van der Waals surface area contributed by atoms with Crippen molar-refractivity contribution in [1.82, 2.24) is 15.1 Å². The first kappa shape index (κ1) is 12.6. The van der Waals surface area contributed by atoms with E-state index < -0.39 is 0 Å². The number of benzene rings is 1. The van der Waals surface area contributed by atoms with Gasteiger partial charge in [-0.3, -0.25) is 4.79 Å². The normalized spacial score (nSPS) is 11.1. The average Bonchev–Trinajstić information content (AvgIpc) is 2.87. The number of nitrogens with one attached hydrogen (secondary N) is 1. The molecule has 0 spiro atoms. The summed E-state index contributed by atoms with van der Waals surface area (Å²) in [5.41, 5.74) is 2.18. The summed E-state index contributed by atoms with van der Waals surface area (Å²) in [6.07, 6.45) is 1.65. The van der Waals surface area contributed by atoms with Crippen molar-refractivity contribution in [3.05, 3.63) is 46.1 Å². The maximum atomic E-state index is 12.1. The first-order chi connectivity index (χ1) is 9.67. The van der Waals surface area contributed by atoms with Gasteiger partial charge in [-0.1, -0.05) is 23.7 Å². The summed E-state index contributed by atoms with van der Waals surface area (Å²) >= 11 is 0. The van der Waals surface area contributed by atoms with Crippen molar-refractivity contribution in [2.45, 2.75) is 26.7 Å². The summed E-state index contributed by atoms with van der Waals surface area (Å²) in [4.78, 5) is 19.2. The second-order valence-corrected chi connectivity index (χ2v) is 4.86. The Bertz CT molecular complexity index is 817. The van der Waals surface area contributed by atoms with Crippen LogP contribution >= 0.6 is 0 Å². The lowest BCUT2D eigenvalue weighted by molar-refractivity contribution is 0.378. The lowest BCUT2D eigenvalue weighted by Gasteiger charge is -2.01. The molecule has 5 nitrogen and oxygen atoms in total. The summed E-state index contributed by atoms with van der Waals surface area (Å²) < 4.78 is 5.14. The number of hydrogen-bond acceptors (Lipinski definition) is 4. The molecule has 1 N–H and O–H groups in total. The van der Waals surface area contributed by atoms with Crippen molar-refractivity contribution in [1.29, 1.82) is 0 Å². The fourth-order valence-electron chi connectivity index (χ4n) is 2.17. The Hall–Kier alpha value is -2.43. The SMILES string of the molecule is CCCc1nc(-c2cc3cc(C)ccc3[nH]c2=O)no1. The average molecular weight is 269 g/mol. The lowest BCUT2D eigenvalue weighted by atomic mass is 10.1. The molecule has 2 heterocycles. The van der Waals surface area contributed by atoms with Gasteiger partial charge in [-0.05, 0) is 36.9 Å². The first-order valence-electron chi connectivity index (χ1n) is 6.64. The van der Waals surface area contributed by atoms with Crippen molar-refractivity contribution < 1.29 is 4.52 Å². The minimum atomic E-state index is -0.204. The molecule has 0 saturated carbocycles. The van der Waals surface area contributed by atoms with Gasteiger partial charge in [0.25, 0.3) is 5.56 Å². The number of aromatic nitrogens is 3. The summed E-state index contributed by atoms with van der Waals surface area (Å²) in [5, 5.41) is 4.85. The highest BCUT2D eigenvalue weighted by molar-refractivity contribution is 5.82. The molecule has 3 aromatic rings. The zero-order chi connectivity index (χ0) is 14.1. The lowest BCUT2D eigenvalue weighted by Crippen LogP contribution is -2.09. The van der Waals surface area contributed by atoms with Gasteiger partial charge in [-0.25, -0.2) is 0 Å². The van der Waals surface area contributed by atoms with Crippen molar-refractivity contribution in [3.8, 4) is 11.4 Å². The van der Waals surface area contributed by atoms with E-state index in [1.165, 1.54) is 0 Å². The van der Waals surface area contributed by atoms with Gasteiger partial charge in [0.15, 0.2) is 0 Å². The second-order valence-electron chi connectivity index (χ2n) is 4.86. The zero-order valence-corrected chi connectivity index (χ0v) is 11.4. The number of aromatic amines is 1. The van der Waals surface area contributed by atoms with Gasteiger partial charge in [0.05, 0.1) is 5.56 Å². The predicted octanol–water partition coefficient (Wildman–Crippen LogP) is 2.84. The van der Waals surface area contributed by atoms with Crippen LogP contribution in [0.4, 0.5) is 0 Å². The Balaban J connectivity index is 2.14. The Morgan fingerprint density at radius 1 is 1.30 bits per heavy atom. The molecule has 3 rings (SSSR count). The maximum Gasteiger partial charge on any atom is 0.259 e. The van der Waals surface area contributed by atoms with Crippen LogP contribution in [0.1, 0.15) is 24.8 Å². The van der Waals surface area contributed by atoms with Gasteiger partial charge in [0, 0.05) is 11.9 Å². The Morgan fingerprint density at radius 3 is 2.95 bits per heavy atom. The maximum absolute atomic E-state index is 12.1. The van der Waals surface area contributed by atoms with E-state index in [0.717, 1.165) is 29.3 Å². The van der Waals surface area contributed by atoms with Crippen LogP contribution in [-0.2, 0) is 6.42 Å². The van der Waals surface area contributed by atoms with E-state index in [1.54, 1.807) is 0 Å². The van der Waals surface area contributed by atoms with Crippen molar-refractivity contribution in [3.63, 3.8) is 0 Å². The number of nitrogens with zero attached hydrogens (tertiary/aromatic N) is 2. The second kappa shape index (κ2) is 4.92. The smallest absolute Gasteiger partial charge is 0.259 e. The molecular weight excluding hydrogens is 254 g/mol. The molecule has 0 atom stereocenters. The number of fused-ring (bicyclic) bond motifs is 1. The Morgan fingerprint density at radius 2 is 2.15 bits per heavy atom. The quantitative estimate of drug-likeness (QED) is 0.793. The molecule has 0 unspecified atom stereocenters.